The first-order valence-corrected chi connectivity index (χ1v) is 10.5. The van der Waals surface area contributed by atoms with Gasteiger partial charge in [0.2, 0.25) is 5.91 Å². The number of hydrogen-bond donors (Lipinski definition) is 1. The molecule has 0 aliphatic carbocycles. The van der Waals surface area contributed by atoms with E-state index in [4.69, 9.17) is 0 Å². The maximum Gasteiger partial charge on any atom is 0.254 e. The number of aryl methyl sites for hydroxylation is 2. The number of nitrogens with one attached hydrogen (secondary N) is 1. The average Bonchev–Trinajstić information content (AvgIpc) is 2.77. The molecule has 6 nitrogen and oxygen atoms in total. The molecule has 0 radical (unpaired) electrons. The van der Waals surface area contributed by atoms with Gasteiger partial charge in [-0.15, -0.1) is 0 Å². The fourth-order valence-electron chi connectivity index (χ4n) is 4.06. The summed E-state index contributed by atoms with van der Waals surface area (Å²) in [4.78, 5) is 36.6. The third-order valence-electron chi connectivity index (χ3n) is 5.60. The molecule has 1 saturated heterocycles. The molecule has 0 saturated carbocycles. The maximum absolute atomic E-state index is 13.2. The maximum atomic E-state index is 13.2. The van der Waals surface area contributed by atoms with Crippen LogP contribution >= 0.6 is 0 Å². The van der Waals surface area contributed by atoms with Crippen LogP contribution in [0.5, 0.6) is 0 Å². The number of carbonyl (C=O) groups excluding carboxylic acids is 2. The van der Waals surface area contributed by atoms with Gasteiger partial charge in [-0.25, -0.2) is 9.97 Å². The number of likely N-dealkylation sites (tertiary alicyclic amines) is 1. The first kappa shape index (κ1) is 20.0. The zero-order valence-corrected chi connectivity index (χ0v) is 17.4. The first-order valence-electron chi connectivity index (χ1n) is 10.5. The number of benzene rings is 2. The second kappa shape index (κ2) is 8.61. The molecule has 154 valence electrons. The highest BCUT2D eigenvalue weighted by Crippen LogP contribution is 2.24. The summed E-state index contributed by atoms with van der Waals surface area (Å²) in [6, 6.07) is 15.5. The Balaban J connectivity index is 1.49. The standard InChI is InChI=1S/C24H26N4O2/c1-3-19-14-22(26-16(2)25-19)27-23(29)18-10-7-13-28(15-18)24(30)21-12-6-9-17-8-4-5-11-20(17)21/h4-6,8-9,11-12,14,18H,3,7,10,13,15H2,1-2H3,(H,25,26,27,29)/t18-/m1/s1. The van der Waals surface area contributed by atoms with Gasteiger partial charge < -0.3 is 10.2 Å². The van der Waals surface area contributed by atoms with Crippen LogP contribution in [0, 0.1) is 12.8 Å². The minimum Gasteiger partial charge on any atom is -0.338 e. The van der Waals surface area contributed by atoms with E-state index in [9.17, 15) is 9.59 Å². The molecule has 1 aliphatic heterocycles. The van der Waals surface area contributed by atoms with Crippen LogP contribution in [0.1, 0.15) is 41.6 Å². The van der Waals surface area contributed by atoms with Gasteiger partial charge in [0.15, 0.2) is 0 Å². The molecule has 0 unspecified atom stereocenters. The van der Waals surface area contributed by atoms with Gasteiger partial charge in [0, 0.05) is 30.4 Å². The monoisotopic (exact) mass is 402 g/mol. The number of fused-ring (bicyclic) bond motifs is 1. The van der Waals surface area contributed by atoms with Crippen molar-refractivity contribution in [3.63, 3.8) is 0 Å². The molecule has 2 amide bonds. The number of piperidine rings is 1. The molecule has 1 aromatic heterocycles. The smallest absolute Gasteiger partial charge is 0.254 e. The Morgan fingerprint density at radius 1 is 1.13 bits per heavy atom. The topological polar surface area (TPSA) is 75.2 Å². The molecule has 0 spiro atoms. The normalized spacial score (nSPS) is 16.5. The number of amides is 2. The van der Waals surface area contributed by atoms with Crippen molar-refractivity contribution >= 4 is 28.4 Å². The van der Waals surface area contributed by atoms with Crippen molar-refractivity contribution in [2.24, 2.45) is 5.92 Å². The summed E-state index contributed by atoms with van der Waals surface area (Å²) in [7, 11) is 0. The fourth-order valence-corrected chi connectivity index (χ4v) is 4.06. The van der Waals surface area contributed by atoms with Crippen molar-refractivity contribution in [1.29, 1.82) is 0 Å². The molecule has 4 rings (SSSR count). The van der Waals surface area contributed by atoms with Gasteiger partial charge in [-0.3, -0.25) is 9.59 Å². The van der Waals surface area contributed by atoms with Crippen molar-refractivity contribution in [1.82, 2.24) is 14.9 Å². The number of aromatic nitrogens is 2. The van der Waals surface area contributed by atoms with E-state index in [2.05, 4.69) is 15.3 Å². The Kier molecular flexibility index (Phi) is 5.74. The van der Waals surface area contributed by atoms with E-state index in [0.717, 1.165) is 35.7 Å². The second-order valence-electron chi connectivity index (χ2n) is 7.75. The molecular weight excluding hydrogens is 376 g/mol. The van der Waals surface area contributed by atoms with Crippen molar-refractivity contribution in [2.75, 3.05) is 18.4 Å². The van der Waals surface area contributed by atoms with Crippen LogP contribution in [0.4, 0.5) is 5.82 Å². The van der Waals surface area contributed by atoms with Gasteiger partial charge in [0.25, 0.3) is 5.91 Å². The van der Waals surface area contributed by atoms with Crippen LogP contribution in [-0.4, -0.2) is 39.8 Å². The fraction of sp³-hybridized carbons (Fsp3) is 0.333. The van der Waals surface area contributed by atoms with E-state index >= 15 is 0 Å². The van der Waals surface area contributed by atoms with E-state index in [1.165, 1.54) is 0 Å². The Morgan fingerprint density at radius 3 is 2.77 bits per heavy atom. The molecule has 1 atom stereocenters. The molecule has 2 heterocycles. The highest BCUT2D eigenvalue weighted by atomic mass is 16.2. The number of carbonyl (C=O) groups is 2. The Morgan fingerprint density at radius 2 is 1.93 bits per heavy atom. The van der Waals surface area contributed by atoms with E-state index in [1.54, 1.807) is 4.90 Å². The molecule has 2 aromatic carbocycles. The van der Waals surface area contributed by atoms with Gasteiger partial charge in [0.05, 0.1) is 5.92 Å². The van der Waals surface area contributed by atoms with E-state index < -0.39 is 0 Å². The third kappa shape index (κ3) is 4.17. The Labute approximate surface area is 176 Å². The zero-order valence-electron chi connectivity index (χ0n) is 17.4. The van der Waals surface area contributed by atoms with E-state index in [-0.39, 0.29) is 17.7 Å². The predicted molar refractivity (Wildman–Crippen MR) is 117 cm³/mol. The summed E-state index contributed by atoms with van der Waals surface area (Å²) in [6.45, 7) is 4.92. The summed E-state index contributed by atoms with van der Waals surface area (Å²) < 4.78 is 0. The molecule has 1 fully saturated rings. The van der Waals surface area contributed by atoms with Crippen LogP contribution in [0.25, 0.3) is 10.8 Å². The highest BCUT2D eigenvalue weighted by molar-refractivity contribution is 6.07. The average molecular weight is 402 g/mol. The molecule has 3 aromatic rings. The number of nitrogens with zero attached hydrogens (tertiary/aromatic N) is 3. The molecule has 1 aliphatic rings. The number of anilines is 1. The van der Waals surface area contributed by atoms with Gasteiger partial charge in [-0.2, -0.15) is 0 Å². The minimum absolute atomic E-state index is 0.0181. The summed E-state index contributed by atoms with van der Waals surface area (Å²) in [5, 5.41) is 4.91. The van der Waals surface area contributed by atoms with Gasteiger partial charge in [-0.1, -0.05) is 43.3 Å². The Bertz CT molecular complexity index is 1090. The van der Waals surface area contributed by atoms with E-state index in [0.29, 0.717) is 30.3 Å². The van der Waals surface area contributed by atoms with E-state index in [1.807, 2.05) is 62.4 Å². The highest BCUT2D eigenvalue weighted by Gasteiger charge is 2.29. The SMILES string of the molecule is CCc1cc(NC(=O)[C@@H]2CCCN(C(=O)c3cccc4ccccc34)C2)nc(C)n1. The summed E-state index contributed by atoms with van der Waals surface area (Å²) in [5.74, 6) is 0.807. The quantitative estimate of drug-likeness (QED) is 0.716. The summed E-state index contributed by atoms with van der Waals surface area (Å²) in [5.41, 5.74) is 1.59. The van der Waals surface area contributed by atoms with Gasteiger partial charge in [-0.05, 0) is 43.0 Å². The lowest BCUT2D eigenvalue weighted by atomic mass is 9.95. The van der Waals surface area contributed by atoms with Crippen LogP contribution in [-0.2, 0) is 11.2 Å². The Hall–Kier alpha value is -3.28. The minimum atomic E-state index is -0.252. The van der Waals surface area contributed by atoms with Crippen molar-refractivity contribution in [2.45, 2.75) is 33.1 Å². The first-order chi connectivity index (χ1) is 14.5. The lowest BCUT2D eigenvalue weighted by Gasteiger charge is -2.32. The molecule has 6 heteroatoms. The lowest BCUT2D eigenvalue weighted by Crippen LogP contribution is -2.43. The molecule has 1 N–H and O–H groups in total. The molecule has 30 heavy (non-hydrogen) atoms. The number of hydrogen-bond acceptors (Lipinski definition) is 4. The second-order valence-corrected chi connectivity index (χ2v) is 7.75. The molecule has 0 bridgehead atoms. The summed E-state index contributed by atoms with van der Waals surface area (Å²) >= 11 is 0. The predicted octanol–water partition coefficient (Wildman–Crippen LogP) is 3.99. The van der Waals surface area contributed by atoms with Crippen molar-refractivity contribution in [3.8, 4) is 0 Å². The molecular formula is C24H26N4O2. The summed E-state index contributed by atoms with van der Waals surface area (Å²) in [6.07, 6.45) is 2.34. The largest absolute Gasteiger partial charge is 0.338 e. The van der Waals surface area contributed by atoms with Crippen LogP contribution in [0.3, 0.4) is 0 Å². The van der Waals surface area contributed by atoms with Crippen LogP contribution < -0.4 is 5.32 Å². The van der Waals surface area contributed by atoms with Crippen LogP contribution in [0.2, 0.25) is 0 Å². The van der Waals surface area contributed by atoms with Gasteiger partial charge >= 0.3 is 0 Å². The third-order valence-corrected chi connectivity index (χ3v) is 5.60. The zero-order chi connectivity index (χ0) is 21.1. The van der Waals surface area contributed by atoms with Crippen LogP contribution in [0.15, 0.2) is 48.5 Å². The van der Waals surface area contributed by atoms with Gasteiger partial charge in [0.1, 0.15) is 11.6 Å². The van der Waals surface area contributed by atoms with Crippen molar-refractivity contribution in [3.05, 3.63) is 65.6 Å². The lowest BCUT2D eigenvalue weighted by molar-refractivity contribution is -0.121. The number of rotatable bonds is 4. The van der Waals surface area contributed by atoms with Crippen molar-refractivity contribution < 1.29 is 9.59 Å².